The molecule has 0 aliphatic carbocycles. The number of hydrogen-bond donors (Lipinski definition) is 1. The van der Waals surface area contributed by atoms with E-state index >= 15 is 0 Å². The van der Waals surface area contributed by atoms with Crippen LogP contribution in [0.5, 0.6) is 0 Å². The number of piperidine rings is 1. The highest BCUT2D eigenvalue weighted by Crippen LogP contribution is 2.27. The molecular formula is C15H20BrClN2O. The number of rotatable bonds is 1. The molecular weight excluding hydrogens is 340 g/mol. The molecule has 0 bridgehead atoms. The predicted molar refractivity (Wildman–Crippen MR) is 86.5 cm³/mol. The number of fused-ring (bicyclic) bond motifs is 1. The molecule has 2 unspecified atom stereocenters. The van der Waals surface area contributed by atoms with Crippen LogP contribution in [0.1, 0.15) is 22.3 Å². The number of likely N-dealkylation sites (tertiary alicyclic amines) is 1. The van der Waals surface area contributed by atoms with Gasteiger partial charge >= 0.3 is 0 Å². The summed E-state index contributed by atoms with van der Waals surface area (Å²) >= 11 is 3.48. The van der Waals surface area contributed by atoms with Crippen molar-refractivity contribution in [2.45, 2.75) is 13.3 Å². The Morgan fingerprint density at radius 3 is 2.85 bits per heavy atom. The Kier molecular flexibility index (Phi) is 5.10. The zero-order valence-corrected chi connectivity index (χ0v) is 14.0. The maximum Gasteiger partial charge on any atom is 0.253 e. The first kappa shape index (κ1) is 15.8. The standard InChI is InChI=1S/C15H19BrN2O.ClH/c1-10-6-11(2-3-14(10)16)15(19)18-5-4-12-7-17-8-13(12)9-18;/h2-3,6,12-13,17H,4-5,7-9H2,1H3;1H. The first-order chi connectivity index (χ1) is 9.15. The number of nitrogens with one attached hydrogen (secondary N) is 1. The van der Waals surface area contributed by atoms with Crippen LogP contribution in [0.2, 0.25) is 0 Å². The molecule has 0 spiro atoms. The molecule has 2 atom stereocenters. The van der Waals surface area contributed by atoms with Crippen LogP contribution in [0.4, 0.5) is 0 Å². The summed E-state index contributed by atoms with van der Waals surface area (Å²) in [4.78, 5) is 14.6. The van der Waals surface area contributed by atoms with Gasteiger partial charge in [0.05, 0.1) is 0 Å². The van der Waals surface area contributed by atoms with Crippen molar-refractivity contribution in [2.24, 2.45) is 11.8 Å². The molecule has 1 N–H and O–H groups in total. The molecule has 2 aliphatic heterocycles. The van der Waals surface area contributed by atoms with Crippen LogP contribution in [0.15, 0.2) is 22.7 Å². The quantitative estimate of drug-likeness (QED) is 0.836. The van der Waals surface area contributed by atoms with Crippen molar-refractivity contribution in [3.63, 3.8) is 0 Å². The molecule has 1 aromatic rings. The second kappa shape index (κ2) is 6.46. The van der Waals surface area contributed by atoms with Gasteiger partial charge in [0.25, 0.3) is 5.91 Å². The van der Waals surface area contributed by atoms with E-state index in [4.69, 9.17) is 0 Å². The Labute approximate surface area is 134 Å². The van der Waals surface area contributed by atoms with Gasteiger partial charge in [0.1, 0.15) is 0 Å². The Morgan fingerprint density at radius 1 is 1.35 bits per heavy atom. The minimum Gasteiger partial charge on any atom is -0.338 e. The summed E-state index contributed by atoms with van der Waals surface area (Å²) in [6, 6.07) is 5.86. The largest absolute Gasteiger partial charge is 0.338 e. The van der Waals surface area contributed by atoms with E-state index in [0.29, 0.717) is 5.92 Å². The highest BCUT2D eigenvalue weighted by Gasteiger charge is 2.34. The van der Waals surface area contributed by atoms with E-state index < -0.39 is 0 Å². The maximum atomic E-state index is 12.5. The zero-order chi connectivity index (χ0) is 13.4. The summed E-state index contributed by atoms with van der Waals surface area (Å²) in [5.74, 6) is 1.60. The SMILES string of the molecule is Cc1cc(C(=O)N2CCC3CNCC3C2)ccc1Br.Cl. The average Bonchev–Trinajstić information content (AvgIpc) is 2.88. The van der Waals surface area contributed by atoms with E-state index in [-0.39, 0.29) is 18.3 Å². The summed E-state index contributed by atoms with van der Waals surface area (Å²) in [7, 11) is 0. The van der Waals surface area contributed by atoms with Gasteiger partial charge < -0.3 is 10.2 Å². The van der Waals surface area contributed by atoms with Crippen LogP contribution >= 0.6 is 28.3 Å². The fourth-order valence-electron chi connectivity index (χ4n) is 3.18. The van der Waals surface area contributed by atoms with Crippen LogP contribution in [0, 0.1) is 18.8 Å². The van der Waals surface area contributed by atoms with E-state index in [1.165, 1.54) is 0 Å². The number of benzene rings is 1. The summed E-state index contributed by atoms with van der Waals surface area (Å²) in [5.41, 5.74) is 1.92. The van der Waals surface area contributed by atoms with Gasteiger partial charge in [-0.1, -0.05) is 15.9 Å². The van der Waals surface area contributed by atoms with Gasteiger partial charge in [-0.2, -0.15) is 0 Å². The highest BCUT2D eigenvalue weighted by atomic mass is 79.9. The third kappa shape index (κ3) is 3.02. The van der Waals surface area contributed by atoms with Crippen molar-refractivity contribution < 1.29 is 4.79 Å². The third-order valence-corrected chi connectivity index (χ3v) is 5.29. The Morgan fingerprint density at radius 2 is 2.10 bits per heavy atom. The van der Waals surface area contributed by atoms with Gasteiger partial charge in [-0.15, -0.1) is 12.4 Å². The van der Waals surface area contributed by atoms with Gasteiger partial charge in [0.2, 0.25) is 0 Å². The van der Waals surface area contributed by atoms with Gasteiger partial charge in [-0.3, -0.25) is 4.79 Å². The van der Waals surface area contributed by atoms with E-state index in [2.05, 4.69) is 21.2 Å². The van der Waals surface area contributed by atoms with Gasteiger partial charge in [-0.25, -0.2) is 0 Å². The predicted octanol–water partition coefficient (Wildman–Crippen LogP) is 2.86. The Hall–Kier alpha value is -0.580. The lowest BCUT2D eigenvalue weighted by Crippen LogP contribution is -2.43. The Balaban J connectivity index is 0.00000147. The molecule has 0 radical (unpaired) electrons. The van der Waals surface area contributed by atoms with E-state index in [0.717, 1.165) is 54.1 Å². The molecule has 0 aromatic heterocycles. The molecule has 0 saturated carbocycles. The van der Waals surface area contributed by atoms with Crippen molar-refractivity contribution in [3.05, 3.63) is 33.8 Å². The topological polar surface area (TPSA) is 32.3 Å². The lowest BCUT2D eigenvalue weighted by Gasteiger charge is -2.34. The summed E-state index contributed by atoms with van der Waals surface area (Å²) in [6.07, 6.45) is 1.14. The van der Waals surface area contributed by atoms with Crippen LogP contribution in [0.3, 0.4) is 0 Å². The number of nitrogens with zero attached hydrogens (tertiary/aromatic N) is 1. The van der Waals surface area contributed by atoms with Crippen molar-refractivity contribution in [1.29, 1.82) is 0 Å². The molecule has 2 heterocycles. The summed E-state index contributed by atoms with van der Waals surface area (Å²) in [6.45, 7) is 6.02. The normalized spacial score (nSPS) is 25.0. The molecule has 1 amide bonds. The van der Waals surface area contributed by atoms with Gasteiger partial charge in [0, 0.05) is 23.1 Å². The number of hydrogen-bond acceptors (Lipinski definition) is 2. The van der Waals surface area contributed by atoms with E-state index in [9.17, 15) is 4.79 Å². The van der Waals surface area contributed by atoms with Crippen LogP contribution < -0.4 is 5.32 Å². The molecule has 3 rings (SSSR count). The molecule has 3 nitrogen and oxygen atoms in total. The second-order valence-electron chi connectivity index (χ2n) is 5.68. The fraction of sp³-hybridized carbons (Fsp3) is 0.533. The van der Waals surface area contributed by atoms with Crippen molar-refractivity contribution in [3.8, 4) is 0 Å². The molecule has 2 aliphatic rings. The Bertz CT molecular complexity index is 509. The second-order valence-corrected chi connectivity index (χ2v) is 6.54. The van der Waals surface area contributed by atoms with Gasteiger partial charge in [-0.05, 0) is 62.0 Å². The fourth-order valence-corrected chi connectivity index (χ4v) is 3.43. The van der Waals surface area contributed by atoms with Crippen molar-refractivity contribution in [1.82, 2.24) is 10.2 Å². The van der Waals surface area contributed by atoms with Crippen LogP contribution in [-0.2, 0) is 0 Å². The number of halogens is 2. The first-order valence-electron chi connectivity index (χ1n) is 6.91. The minimum absolute atomic E-state index is 0. The molecule has 20 heavy (non-hydrogen) atoms. The zero-order valence-electron chi connectivity index (χ0n) is 11.6. The van der Waals surface area contributed by atoms with E-state index in [1.807, 2.05) is 30.0 Å². The number of aryl methyl sites for hydroxylation is 1. The third-order valence-electron chi connectivity index (χ3n) is 4.40. The molecule has 5 heteroatoms. The summed E-state index contributed by atoms with van der Waals surface area (Å²) < 4.78 is 1.06. The minimum atomic E-state index is 0. The number of carbonyl (C=O) groups excluding carboxylic acids is 1. The van der Waals surface area contributed by atoms with E-state index in [1.54, 1.807) is 0 Å². The average molecular weight is 360 g/mol. The van der Waals surface area contributed by atoms with Crippen LogP contribution in [-0.4, -0.2) is 37.0 Å². The molecule has 2 saturated heterocycles. The lowest BCUT2D eigenvalue weighted by atomic mass is 9.88. The molecule has 110 valence electrons. The molecule has 1 aromatic carbocycles. The smallest absolute Gasteiger partial charge is 0.253 e. The summed E-state index contributed by atoms with van der Waals surface area (Å²) in [5, 5.41) is 3.44. The van der Waals surface area contributed by atoms with Crippen molar-refractivity contribution in [2.75, 3.05) is 26.2 Å². The lowest BCUT2D eigenvalue weighted by molar-refractivity contribution is 0.0642. The van der Waals surface area contributed by atoms with Crippen LogP contribution in [0.25, 0.3) is 0 Å². The van der Waals surface area contributed by atoms with Gasteiger partial charge in [0.15, 0.2) is 0 Å². The monoisotopic (exact) mass is 358 g/mol. The molecule has 2 fully saturated rings. The number of carbonyl (C=O) groups is 1. The number of amides is 1. The first-order valence-corrected chi connectivity index (χ1v) is 7.70. The highest BCUT2D eigenvalue weighted by molar-refractivity contribution is 9.10. The van der Waals surface area contributed by atoms with Crippen molar-refractivity contribution >= 4 is 34.2 Å². The maximum absolute atomic E-state index is 12.5.